The van der Waals surface area contributed by atoms with Gasteiger partial charge in [-0.2, -0.15) is 18.4 Å². The first kappa shape index (κ1) is 19.6. The van der Waals surface area contributed by atoms with Crippen molar-refractivity contribution in [3.8, 4) is 39.5 Å². The fraction of sp³-hybridized carbons (Fsp3) is 0.0455. The second kappa shape index (κ2) is 7.97. The number of alkyl halides is 3. The third-order valence-corrected chi connectivity index (χ3v) is 5.09. The molecule has 2 heterocycles. The van der Waals surface area contributed by atoms with E-state index in [2.05, 4.69) is 16.0 Å². The minimum absolute atomic E-state index is 0.0769. The minimum atomic E-state index is -4.43. The number of benzene rings is 2. The Labute approximate surface area is 173 Å². The summed E-state index contributed by atoms with van der Waals surface area (Å²) in [6.45, 7) is 0. The fourth-order valence-electron chi connectivity index (χ4n) is 2.65. The molecule has 0 radical (unpaired) electrons. The van der Waals surface area contributed by atoms with Crippen LogP contribution in [0.1, 0.15) is 11.1 Å². The third-order valence-electron chi connectivity index (χ3n) is 4.20. The molecule has 0 aliphatic heterocycles. The first-order valence-electron chi connectivity index (χ1n) is 8.70. The van der Waals surface area contributed by atoms with E-state index < -0.39 is 11.7 Å². The van der Waals surface area contributed by atoms with Crippen molar-refractivity contribution in [3.63, 3.8) is 0 Å². The summed E-state index contributed by atoms with van der Waals surface area (Å²) in [7, 11) is 0. The van der Waals surface area contributed by atoms with Gasteiger partial charge in [-0.05, 0) is 42.5 Å². The predicted molar refractivity (Wildman–Crippen MR) is 107 cm³/mol. The van der Waals surface area contributed by atoms with E-state index in [-0.39, 0.29) is 5.88 Å². The van der Waals surface area contributed by atoms with Gasteiger partial charge < -0.3 is 4.74 Å². The monoisotopic (exact) mass is 423 g/mol. The molecular weight excluding hydrogens is 411 g/mol. The molecule has 0 N–H and O–H groups in total. The zero-order chi connectivity index (χ0) is 21.1. The smallest absolute Gasteiger partial charge is 0.417 e. The molecule has 4 nitrogen and oxygen atoms in total. The van der Waals surface area contributed by atoms with Crippen LogP contribution in [0, 0.1) is 11.3 Å². The van der Waals surface area contributed by atoms with Gasteiger partial charge in [0.1, 0.15) is 10.8 Å². The Bertz CT molecular complexity index is 1190. The second-order valence-electron chi connectivity index (χ2n) is 6.24. The maximum absolute atomic E-state index is 12.6. The molecule has 2 aromatic heterocycles. The van der Waals surface area contributed by atoms with E-state index in [0.29, 0.717) is 11.3 Å². The van der Waals surface area contributed by atoms with Crippen molar-refractivity contribution in [2.75, 3.05) is 0 Å². The Balaban J connectivity index is 1.47. The first-order valence-corrected chi connectivity index (χ1v) is 9.58. The summed E-state index contributed by atoms with van der Waals surface area (Å²) in [5, 5.41) is 11.6. The normalized spacial score (nSPS) is 11.1. The van der Waals surface area contributed by atoms with E-state index in [0.717, 1.165) is 34.1 Å². The molecule has 148 valence electrons. The lowest BCUT2D eigenvalue weighted by atomic mass is 10.1. The van der Waals surface area contributed by atoms with Crippen LogP contribution in [0.15, 0.2) is 72.2 Å². The summed E-state index contributed by atoms with van der Waals surface area (Å²) < 4.78 is 43.3. The molecule has 0 spiro atoms. The minimum Gasteiger partial charge on any atom is -0.439 e. The number of rotatable bonds is 4. The summed E-state index contributed by atoms with van der Waals surface area (Å²) in [6, 6.07) is 18.4. The van der Waals surface area contributed by atoms with Crippen LogP contribution in [0.5, 0.6) is 11.6 Å². The van der Waals surface area contributed by atoms with Gasteiger partial charge in [0, 0.05) is 28.8 Å². The van der Waals surface area contributed by atoms with Crippen LogP contribution in [0.2, 0.25) is 0 Å². The first-order chi connectivity index (χ1) is 14.4. The number of halogens is 3. The van der Waals surface area contributed by atoms with E-state index >= 15 is 0 Å². The number of hydrogen-bond acceptors (Lipinski definition) is 5. The molecular formula is C22H12F3N3OS. The molecule has 0 atom stereocenters. The summed E-state index contributed by atoms with van der Waals surface area (Å²) in [6.07, 6.45) is -3.69. The van der Waals surface area contributed by atoms with Gasteiger partial charge >= 0.3 is 6.18 Å². The fourth-order valence-corrected chi connectivity index (χ4v) is 3.48. The molecule has 8 heteroatoms. The zero-order valence-corrected chi connectivity index (χ0v) is 16.0. The number of aromatic nitrogens is 2. The Morgan fingerprint density at radius 2 is 1.60 bits per heavy atom. The lowest BCUT2D eigenvalue weighted by molar-refractivity contribution is -0.137. The largest absolute Gasteiger partial charge is 0.439 e. The van der Waals surface area contributed by atoms with Crippen molar-refractivity contribution >= 4 is 11.3 Å². The zero-order valence-electron chi connectivity index (χ0n) is 15.2. The molecule has 0 aliphatic carbocycles. The molecule has 0 aliphatic rings. The van der Waals surface area contributed by atoms with Gasteiger partial charge in [-0.25, -0.2) is 9.97 Å². The van der Waals surface area contributed by atoms with Crippen LogP contribution in [-0.2, 0) is 6.18 Å². The quantitative estimate of drug-likeness (QED) is 0.373. The molecule has 0 fully saturated rings. The molecule has 0 unspecified atom stereocenters. The van der Waals surface area contributed by atoms with Gasteiger partial charge in [0.25, 0.3) is 0 Å². The standard InChI is InChI=1S/C22H12F3N3OS/c23-22(24,25)17-7-10-20(27-12-17)29-18-8-5-16(6-9-18)21-28-19(13-30-21)15-3-1-14(11-26)2-4-15/h1-10,12-13H. The van der Waals surface area contributed by atoms with Crippen LogP contribution in [0.3, 0.4) is 0 Å². The van der Waals surface area contributed by atoms with Crippen molar-refractivity contribution in [1.29, 1.82) is 5.26 Å². The van der Waals surface area contributed by atoms with E-state index in [1.807, 2.05) is 29.6 Å². The number of nitriles is 1. The lowest BCUT2D eigenvalue weighted by Crippen LogP contribution is -2.05. The van der Waals surface area contributed by atoms with Crippen molar-refractivity contribution < 1.29 is 17.9 Å². The highest BCUT2D eigenvalue weighted by Crippen LogP contribution is 2.32. The lowest BCUT2D eigenvalue weighted by Gasteiger charge is -2.08. The summed E-state index contributed by atoms with van der Waals surface area (Å²) in [4.78, 5) is 8.33. The van der Waals surface area contributed by atoms with Crippen LogP contribution in [-0.4, -0.2) is 9.97 Å². The molecule has 0 saturated carbocycles. The second-order valence-corrected chi connectivity index (χ2v) is 7.09. The van der Waals surface area contributed by atoms with E-state index in [1.165, 1.54) is 17.4 Å². The average Bonchev–Trinajstić information content (AvgIpc) is 3.24. The maximum Gasteiger partial charge on any atom is 0.417 e. The Morgan fingerprint density at radius 1 is 0.900 bits per heavy atom. The van der Waals surface area contributed by atoms with Gasteiger partial charge in [-0.3, -0.25) is 0 Å². The van der Waals surface area contributed by atoms with Crippen molar-refractivity contribution in [2.24, 2.45) is 0 Å². The van der Waals surface area contributed by atoms with Gasteiger partial charge in [-0.15, -0.1) is 11.3 Å². The SMILES string of the molecule is N#Cc1ccc(-c2csc(-c3ccc(Oc4ccc(C(F)(F)F)cn4)cc3)n2)cc1. The van der Waals surface area contributed by atoms with Gasteiger partial charge in [0.15, 0.2) is 0 Å². The summed E-state index contributed by atoms with van der Waals surface area (Å²) >= 11 is 1.49. The third kappa shape index (κ3) is 4.31. The summed E-state index contributed by atoms with van der Waals surface area (Å²) in [5.41, 5.74) is 2.38. The van der Waals surface area contributed by atoms with Gasteiger partial charge in [-0.1, -0.05) is 12.1 Å². The van der Waals surface area contributed by atoms with Crippen LogP contribution in [0.4, 0.5) is 13.2 Å². The molecule has 0 amide bonds. The number of hydrogen-bond donors (Lipinski definition) is 0. The highest BCUT2D eigenvalue weighted by molar-refractivity contribution is 7.13. The van der Waals surface area contributed by atoms with Crippen molar-refractivity contribution in [2.45, 2.75) is 6.18 Å². The predicted octanol–water partition coefficient (Wildman–Crippen LogP) is 6.55. The molecule has 4 rings (SSSR count). The molecule has 2 aromatic carbocycles. The Morgan fingerprint density at radius 3 is 2.20 bits per heavy atom. The van der Waals surface area contributed by atoms with Crippen LogP contribution < -0.4 is 4.74 Å². The average molecular weight is 423 g/mol. The Kier molecular flexibility index (Phi) is 5.21. The summed E-state index contributed by atoms with van der Waals surface area (Å²) in [5.74, 6) is 0.531. The number of nitrogens with zero attached hydrogens (tertiary/aromatic N) is 3. The highest BCUT2D eigenvalue weighted by Gasteiger charge is 2.30. The molecule has 0 bridgehead atoms. The van der Waals surface area contributed by atoms with Crippen molar-refractivity contribution in [3.05, 3.63) is 83.4 Å². The highest BCUT2D eigenvalue weighted by atomic mass is 32.1. The van der Waals surface area contributed by atoms with Gasteiger partial charge in [0.05, 0.1) is 22.9 Å². The molecule has 4 aromatic rings. The van der Waals surface area contributed by atoms with E-state index in [9.17, 15) is 13.2 Å². The van der Waals surface area contributed by atoms with Gasteiger partial charge in [0.2, 0.25) is 5.88 Å². The van der Waals surface area contributed by atoms with E-state index in [4.69, 9.17) is 10.00 Å². The number of thiazole rings is 1. The number of ether oxygens (including phenoxy) is 1. The van der Waals surface area contributed by atoms with Crippen molar-refractivity contribution in [1.82, 2.24) is 9.97 Å². The van der Waals surface area contributed by atoms with Crippen LogP contribution in [0.25, 0.3) is 21.8 Å². The topological polar surface area (TPSA) is 58.8 Å². The van der Waals surface area contributed by atoms with Crippen LogP contribution >= 0.6 is 11.3 Å². The van der Waals surface area contributed by atoms with E-state index in [1.54, 1.807) is 24.3 Å². The number of pyridine rings is 1. The Hall–Kier alpha value is -3.70. The maximum atomic E-state index is 12.6. The molecule has 30 heavy (non-hydrogen) atoms. The molecule has 0 saturated heterocycles.